The molecule has 0 heterocycles. The molecule has 8 heteroatoms. The quantitative estimate of drug-likeness (QED) is 0.448. The molecule has 0 atom stereocenters. The number of rotatable bonds is 4. The van der Waals surface area contributed by atoms with Gasteiger partial charge in [0.25, 0.3) is 11.6 Å². The van der Waals surface area contributed by atoms with Crippen molar-refractivity contribution < 1.29 is 14.5 Å². The Hall–Kier alpha value is -1.87. The largest absolute Gasteiger partial charge is 0.496 e. The van der Waals surface area contributed by atoms with E-state index in [0.717, 1.165) is 3.57 Å². The van der Waals surface area contributed by atoms with E-state index >= 15 is 0 Å². The molecule has 0 saturated heterocycles. The summed E-state index contributed by atoms with van der Waals surface area (Å²) in [5.74, 6) is -0.0165. The van der Waals surface area contributed by atoms with Crippen LogP contribution in [0.15, 0.2) is 36.4 Å². The number of nitrogens with one attached hydrogen (secondary N) is 1. The maximum absolute atomic E-state index is 12.3. The highest BCUT2D eigenvalue weighted by Crippen LogP contribution is 2.29. The summed E-state index contributed by atoms with van der Waals surface area (Å²) in [6.07, 6.45) is 0. The summed E-state index contributed by atoms with van der Waals surface area (Å²) < 4.78 is 5.94. The lowest BCUT2D eigenvalue weighted by molar-refractivity contribution is -0.384. The van der Waals surface area contributed by atoms with Gasteiger partial charge < -0.3 is 10.1 Å². The Morgan fingerprint density at radius 2 is 1.95 bits per heavy atom. The highest BCUT2D eigenvalue weighted by Gasteiger charge is 2.16. The van der Waals surface area contributed by atoms with Crippen LogP contribution < -0.4 is 10.1 Å². The number of nitrogens with zero attached hydrogens (tertiary/aromatic N) is 1. The Bertz CT molecular complexity index is 734. The monoisotopic (exact) mass is 432 g/mol. The molecule has 0 saturated carbocycles. The molecule has 0 aliphatic carbocycles. The van der Waals surface area contributed by atoms with Crippen LogP contribution >= 0.6 is 34.2 Å². The molecule has 0 spiro atoms. The predicted molar refractivity (Wildman–Crippen MR) is 91.8 cm³/mol. The Kier molecular flexibility index (Phi) is 5.19. The first-order chi connectivity index (χ1) is 10.4. The third-order valence-electron chi connectivity index (χ3n) is 2.82. The second-order valence-corrected chi connectivity index (χ2v) is 5.79. The minimum Gasteiger partial charge on any atom is -0.496 e. The number of non-ortho nitro benzene ring substituents is 1. The van der Waals surface area contributed by atoms with Crippen LogP contribution in [0.2, 0.25) is 5.02 Å². The topological polar surface area (TPSA) is 81.5 Å². The number of hydrogen-bond donors (Lipinski definition) is 1. The summed E-state index contributed by atoms with van der Waals surface area (Å²) in [4.78, 5) is 22.4. The summed E-state index contributed by atoms with van der Waals surface area (Å²) in [5.41, 5.74) is 0.673. The minimum atomic E-state index is -0.506. The highest BCUT2D eigenvalue weighted by atomic mass is 127. The predicted octanol–water partition coefficient (Wildman–Crippen LogP) is 4.11. The standard InChI is InChI=1S/C14H10ClIN2O4/c1-22-13-7-12(16)11(15)6-10(13)14(19)17-8-2-4-9(5-3-8)18(20)21/h2-7H,1H3,(H,17,19). The zero-order valence-electron chi connectivity index (χ0n) is 11.3. The average Bonchev–Trinajstić information content (AvgIpc) is 2.50. The van der Waals surface area contributed by atoms with E-state index in [-0.39, 0.29) is 11.3 Å². The van der Waals surface area contributed by atoms with Gasteiger partial charge in [-0.2, -0.15) is 0 Å². The first kappa shape index (κ1) is 16.5. The van der Waals surface area contributed by atoms with Gasteiger partial charge in [-0.1, -0.05) is 11.6 Å². The number of anilines is 1. The fourth-order valence-corrected chi connectivity index (χ4v) is 2.34. The Labute approximate surface area is 144 Å². The number of halogens is 2. The van der Waals surface area contributed by atoms with Gasteiger partial charge in [-0.3, -0.25) is 14.9 Å². The van der Waals surface area contributed by atoms with E-state index in [9.17, 15) is 14.9 Å². The van der Waals surface area contributed by atoms with Gasteiger partial charge in [-0.15, -0.1) is 0 Å². The fourth-order valence-electron chi connectivity index (χ4n) is 1.74. The van der Waals surface area contributed by atoms with Crippen LogP contribution in [0.1, 0.15) is 10.4 Å². The van der Waals surface area contributed by atoms with Crippen LogP contribution in [-0.4, -0.2) is 17.9 Å². The molecule has 0 radical (unpaired) electrons. The van der Waals surface area contributed by atoms with Crippen molar-refractivity contribution in [2.45, 2.75) is 0 Å². The number of methoxy groups -OCH3 is 1. The number of nitro groups is 1. The first-order valence-corrected chi connectivity index (χ1v) is 7.47. The molecule has 2 aromatic carbocycles. The molecule has 0 aliphatic rings. The molecule has 2 aromatic rings. The van der Waals surface area contributed by atoms with Gasteiger partial charge in [-0.05, 0) is 46.9 Å². The Balaban J connectivity index is 2.25. The van der Waals surface area contributed by atoms with Crippen molar-refractivity contribution in [2.24, 2.45) is 0 Å². The second kappa shape index (κ2) is 6.93. The summed E-state index contributed by atoms with van der Waals surface area (Å²) in [5, 5.41) is 13.7. The maximum atomic E-state index is 12.3. The SMILES string of the molecule is COc1cc(I)c(Cl)cc1C(=O)Nc1ccc([N+](=O)[O-])cc1. The van der Waals surface area contributed by atoms with Crippen LogP contribution in [-0.2, 0) is 0 Å². The normalized spacial score (nSPS) is 10.1. The highest BCUT2D eigenvalue weighted by molar-refractivity contribution is 14.1. The number of benzene rings is 2. The maximum Gasteiger partial charge on any atom is 0.269 e. The lowest BCUT2D eigenvalue weighted by Gasteiger charge is -2.11. The molecule has 0 aliphatic heterocycles. The number of carbonyl (C=O) groups is 1. The molecule has 0 unspecified atom stereocenters. The number of nitro benzene ring substituents is 1. The molecule has 22 heavy (non-hydrogen) atoms. The van der Waals surface area contributed by atoms with Crippen LogP contribution in [0.25, 0.3) is 0 Å². The molecule has 6 nitrogen and oxygen atoms in total. The number of hydrogen-bond acceptors (Lipinski definition) is 4. The number of ether oxygens (including phenoxy) is 1. The number of amides is 1. The smallest absolute Gasteiger partial charge is 0.269 e. The van der Waals surface area contributed by atoms with Crippen LogP contribution in [0, 0.1) is 13.7 Å². The molecule has 0 fully saturated rings. The molecule has 2 rings (SSSR count). The van der Waals surface area contributed by atoms with Gasteiger partial charge in [0.2, 0.25) is 0 Å². The van der Waals surface area contributed by atoms with Crippen molar-refractivity contribution in [3.05, 3.63) is 60.7 Å². The van der Waals surface area contributed by atoms with Gasteiger partial charge in [0.15, 0.2) is 0 Å². The molecule has 1 amide bonds. The summed E-state index contributed by atoms with van der Waals surface area (Å²) in [6.45, 7) is 0. The fraction of sp³-hybridized carbons (Fsp3) is 0.0714. The van der Waals surface area contributed by atoms with Crippen molar-refractivity contribution in [1.82, 2.24) is 0 Å². The Morgan fingerprint density at radius 1 is 1.32 bits per heavy atom. The summed E-state index contributed by atoms with van der Waals surface area (Å²) >= 11 is 8.07. The minimum absolute atomic E-state index is 0.0483. The Morgan fingerprint density at radius 3 is 2.50 bits per heavy atom. The third kappa shape index (κ3) is 3.66. The zero-order valence-corrected chi connectivity index (χ0v) is 14.2. The van der Waals surface area contributed by atoms with Crippen molar-refractivity contribution in [3.8, 4) is 5.75 Å². The van der Waals surface area contributed by atoms with E-state index in [0.29, 0.717) is 16.5 Å². The lowest BCUT2D eigenvalue weighted by atomic mass is 10.1. The second-order valence-electron chi connectivity index (χ2n) is 4.22. The summed E-state index contributed by atoms with van der Waals surface area (Å²) in [6, 6.07) is 8.71. The molecule has 114 valence electrons. The molecule has 1 N–H and O–H groups in total. The van der Waals surface area contributed by atoms with Gasteiger partial charge in [0.1, 0.15) is 5.75 Å². The molecular formula is C14H10ClIN2O4. The van der Waals surface area contributed by atoms with Gasteiger partial charge >= 0.3 is 0 Å². The molecular weight excluding hydrogens is 423 g/mol. The van der Waals surface area contributed by atoms with Gasteiger partial charge in [0.05, 0.1) is 22.6 Å². The molecule has 0 aromatic heterocycles. The average molecular weight is 433 g/mol. The summed E-state index contributed by atoms with van der Waals surface area (Å²) in [7, 11) is 1.46. The van der Waals surface area contributed by atoms with Gasteiger partial charge in [0, 0.05) is 21.4 Å². The van der Waals surface area contributed by atoms with Crippen molar-refractivity contribution in [1.29, 1.82) is 0 Å². The van der Waals surface area contributed by atoms with Gasteiger partial charge in [-0.25, -0.2) is 0 Å². The van der Waals surface area contributed by atoms with Crippen molar-refractivity contribution >= 4 is 51.5 Å². The van der Waals surface area contributed by atoms with E-state index in [1.165, 1.54) is 37.4 Å². The van der Waals surface area contributed by atoms with E-state index < -0.39 is 10.8 Å². The van der Waals surface area contributed by atoms with Crippen molar-refractivity contribution in [3.63, 3.8) is 0 Å². The third-order valence-corrected chi connectivity index (χ3v) is 4.35. The van der Waals surface area contributed by atoms with E-state index in [1.54, 1.807) is 6.07 Å². The first-order valence-electron chi connectivity index (χ1n) is 6.01. The van der Waals surface area contributed by atoms with Crippen LogP contribution in [0.3, 0.4) is 0 Å². The van der Waals surface area contributed by atoms with Crippen LogP contribution in [0.4, 0.5) is 11.4 Å². The lowest BCUT2D eigenvalue weighted by Crippen LogP contribution is -2.13. The van der Waals surface area contributed by atoms with E-state index in [2.05, 4.69) is 5.32 Å². The zero-order chi connectivity index (χ0) is 16.3. The van der Waals surface area contributed by atoms with E-state index in [4.69, 9.17) is 16.3 Å². The van der Waals surface area contributed by atoms with E-state index in [1.807, 2.05) is 22.6 Å². The number of carbonyl (C=O) groups excluding carboxylic acids is 1. The van der Waals surface area contributed by atoms with Crippen LogP contribution in [0.5, 0.6) is 5.75 Å². The molecule has 0 bridgehead atoms. The van der Waals surface area contributed by atoms with Crippen molar-refractivity contribution in [2.75, 3.05) is 12.4 Å².